The van der Waals surface area contributed by atoms with E-state index in [4.69, 9.17) is 16.3 Å². The molecular formula is C25H20ClN3O2. The minimum Gasteiger partial charge on any atom is -0.488 e. The van der Waals surface area contributed by atoms with Crippen LogP contribution in [0.25, 0.3) is 10.9 Å². The minimum atomic E-state index is -0.294. The second kappa shape index (κ2) is 9.41. The van der Waals surface area contributed by atoms with Gasteiger partial charge in [0, 0.05) is 21.7 Å². The number of hydrogen-bond donors (Lipinski definition) is 1. The van der Waals surface area contributed by atoms with Crippen LogP contribution in [0.1, 0.15) is 27.2 Å². The van der Waals surface area contributed by atoms with Crippen LogP contribution in [0, 0.1) is 6.92 Å². The number of fused-ring (bicyclic) bond motifs is 1. The summed E-state index contributed by atoms with van der Waals surface area (Å²) in [7, 11) is 0. The molecule has 4 aromatic rings. The first-order valence-electron chi connectivity index (χ1n) is 9.76. The maximum absolute atomic E-state index is 12.7. The summed E-state index contributed by atoms with van der Waals surface area (Å²) >= 11 is 5.93. The van der Waals surface area contributed by atoms with Crippen molar-refractivity contribution in [2.45, 2.75) is 13.5 Å². The Morgan fingerprint density at radius 1 is 1.06 bits per heavy atom. The Labute approximate surface area is 185 Å². The number of ether oxygens (including phenoxy) is 1. The largest absolute Gasteiger partial charge is 0.488 e. The molecule has 5 nitrogen and oxygen atoms in total. The first kappa shape index (κ1) is 20.6. The summed E-state index contributed by atoms with van der Waals surface area (Å²) in [6.45, 7) is 2.26. The fourth-order valence-electron chi connectivity index (χ4n) is 3.18. The van der Waals surface area contributed by atoms with Gasteiger partial charge in [0.15, 0.2) is 0 Å². The molecule has 0 aliphatic carbocycles. The number of para-hydroxylation sites is 2. The van der Waals surface area contributed by atoms with Crippen LogP contribution < -0.4 is 10.2 Å². The SMILES string of the molecule is Cc1cc(C(=O)N/N=C\c2ccccc2OCc2ccc(Cl)cc2)c2ccccc2n1. The highest BCUT2D eigenvalue weighted by Gasteiger charge is 2.11. The van der Waals surface area contributed by atoms with Gasteiger partial charge in [0.25, 0.3) is 5.91 Å². The van der Waals surface area contributed by atoms with Gasteiger partial charge in [0.2, 0.25) is 0 Å². The van der Waals surface area contributed by atoms with Crippen LogP contribution in [-0.2, 0) is 6.61 Å². The van der Waals surface area contributed by atoms with E-state index >= 15 is 0 Å². The van der Waals surface area contributed by atoms with E-state index in [1.54, 1.807) is 12.3 Å². The van der Waals surface area contributed by atoms with E-state index in [0.717, 1.165) is 27.7 Å². The van der Waals surface area contributed by atoms with Crippen LogP contribution >= 0.6 is 11.6 Å². The second-order valence-corrected chi connectivity index (χ2v) is 7.42. The van der Waals surface area contributed by atoms with Crippen molar-refractivity contribution in [3.63, 3.8) is 0 Å². The number of rotatable bonds is 6. The number of nitrogens with zero attached hydrogens (tertiary/aromatic N) is 2. The maximum atomic E-state index is 12.7. The zero-order valence-corrected chi connectivity index (χ0v) is 17.6. The Kier molecular flexibility index (Phi) is 6.24. The molecule has 0 spiro atoms. The van der Waals surface area contributed by atoms with E-state index in [2.05, 4.69) is 15.5 Å². The third-order valence-electron chi connectivity index (χ3n) is 4.69. The number of aromatic nitrogens is 1. The number of pyridine rings is 1. The molecular weight excluding hydrogens is 410 g/mol. The Morgan fingerprint density at radius 2 is 1.81 bits per heavy atom. The number of benzene rings is 3. The number of amides is 1. The predicted octanol–water partition coefficient (Wildman–Crippen LogP) is 5.54. The molecule has 0 radical (unpaired) electrons. The number of hydrogen-bond acceptors (Lipinski definition) is 4. The highest BCUT2D eigenvalue weighted by atomic mass is 35.5. The van der Waals surface area contributed by atoms with Gasteiger partial charge >= 0.3 is 0 Å². The van der Waals surface area contributed by atoms with E-state index in [0.29, 0.717) is 22.9 Å². The normalized spacial score (nSPS) is 11.0. The van der Waals surface area contributed by atoms with Crippen molar-refractivity contribution in [2.24, 2.45) is 5.10 Å². The fraction of sp³-hybridized carbons (Fsp3) is 0.0800. The summed E-state index contributed by atoms with van der Waals surface area (Å²) < 4.78 is 5.92. The molecule has 0 aliphatic rings. The smallest absolute Gasteiger partial charge is 0.272 e. The molecule has 1 N–H and O–H groups in total. The maximum Gasteiger partial charge on any atom is 0.272 e. The van der Waals surface area contributed by atoms with Crippen molar-refractivity contribution in [3.05, 3.63) is 106 Å². The van der Waals surface area contributed by atoms with Gasteiger partial charge in [-0.05, 0) is 48.9 Å². The molecule has 0 atom stereocenters. The van der Waals surface area contributed by atoms with Gasteiger partial charge in [-0.2, -0.15) is 5.10 Å². The van der Waals surface area contributed by atoms with Gasteiger partial charge in [-0.25, -0.2) is 5.43 Å². The Morgan fingerprint density at radius 3 is 2.65 bits per heavy atom. The third-order valence-corrected chi connectivity index (χ3v) is 4.94. The molecule has 0 saturated carbocycles. The van der Waals surface area contributed by atoms with Crippen molar-refractivity contribution in [1.29, 1.82) is 0 Å². The molecule has 1 amide bonds. The van der Waals surface area contributed by atoms with E-state index in [-0.39, 0.29) is 5.91 Å². The lowest BCUT2D eigenvalue weighted by molar-refractivity contribution is 0.0956. The summed E-state index contributed by atoms with van der Waals surface area (Å²) in [5, 5.41) is 5.61. The van der Waals surface area contributed by atoms with Crippen LogP contribution in [0.5, 0.6) is 5.75 Å². The Bertz CT molecular complexity index is 1250. The fourth-order valence-corrected chi connectivity index (χ4v) is 3.30. The topological polar surface area (TPSA) is 63.6 Å². The first-order chi connectivity index (χ1) is 15.1. The van der Waals surface area contributed by atoms with Gasteiger partial charge in [0.05, 0.1) is 17.3 Å². The molecule has 154 valence electrons. The van der Waals surface area contributed by atoms with Crippen LogP contribution in [0.15, 0.2) is 84.0 Å². The molecule has 4 rings (SSSR count). The monoisotopic (exact) mass is 429 g/mol. The summed E-state index contributed by atoms with van der Waals surface area (Å²) in [5.41, 5.74) is 6.45. The van der Waals surface area contributed by atoms with E-state index in [9.17, 15) is 4.79 Å². The highest BCUT2D eigenvalue weighted by Crippen LogP contribution is 2.20. The molecule has 0 saturated heterocycles. The van der Waals surface area contributed by atoms with Crippen LogP contribution in [0.4, 0.5) is 0 Å². The lowest BCUT2D eigenvalue weighted by atomic mass is 10.1. The average molecular weight is 430 g/mol. The minimum absolute atomic E-state index is 0.294. The third kappa shape index (κ3) is 5.08. The molecule has 0 fully saturated rings. The van der Waals surface area contributed by atoms with Crippen molar-refractivity contribution in [2.75, 3.05) is 0 Å². The number of hydrazone groups is 1. The lowest BCUT2D eigenvalue weighted by Gasteiger charge is -2.09. The summed E-state index contributed by atoms with van der Waals surface area (Å²) in [5.74, 6) is 0.373. The van der Waals surface area contributed by atoms with Crippen LogP contribution in [0.3, 0.4) is 0 Å². The Hall–Kier alpha value is -3.70. The Balaban J connectivity index is 1.47. The molecule has 6 heteroatoms. The van der Waals surface area contributed by atoms with Gasteiger partial charge < -0.3 is 4.74 Å². The van der Waals surface area contributed by atoms with Crippen molar-refractivity contribution < 1.29 is 9.53 Å². The molecule has 0 bridgehead atoms. The average Bonchev–Trinajstić information content (AvgIpc) is 2.78. The number of carbonyl (C=O) groups is 1. The van der Waals surface area contributed by atoms with Gasteiger partial charge in [-0.1, -0.05) is 54.1 Å². The summed E-state index contributed by atoms with van der Waals surface area (Å²) in [6, 6.07) is 24.3. The molecule has 1 heterocycles. The molecule has 0 unspecified atom stereocenters. The van der Waals surface area contributed by atoms with E-state index in [1.165, 1.54) is 0 Å². The van der Waals surface area contributed by atoms with Gasteiger partial charge in [-0.15, -0.1) is 0 Å². The number of carbonyl (C=O) groups excluding carboxylic acids is 1. The molecule has 1 aromatic heterocycles. The van der Waals surface area contributed by atoms with Crippen molar-refractivity contribution in [3.8, 4) is 5.75 Å². The predicted molar refractivity (Wildman–Crippen MR) is 124 cm³/mol. The summed E-state index contributed by atoms with van der Waals surface area (Å²) in [4.78, 5) is 17.2. The molecule has 31 heavy (non-hydrogen) atoms. The number of halogens is 1. The lowest BCUT2D eigenvalue weighted by Crippen LogP contribution is -2.18. The van der Waals surface area contributed by atoms with Gasteiger partial charge in [0.1, 0.15) is 12.4 Å². The van der Waals surface area contributed by atoms with Gasteiger partial charge in [-0.3, -0.25) is 9.78 Å². The molecule has 3 aromatic carbocycles. The number of nitrogens with one attached hydrogen (secondary N) is 1. The zero-order chi connectivity index (χ0) is 21.6. The standard InChI is InChI=1S/C25H20ClN3O2/c1-17-14-22(21-7-3-4-8-23(21)28-17)25(30)29-27-15-19-6-2-5-9-24(19)31-16-18-10-12-20(26)13-11-18/h2-15H,16H2,1H3,(H,29,30)/b27-15-. The summed E-state index contributed by atoms with van der Waals surface area (Å²) in [6.07, 6.45) is 1.57. The first-order valence-corrected chi connectivity index (χ1v) is 10.1. The highest BCUT2D eigenvalue weighted by molar-refractivity contribution is 6.30. The van der Waals surface area contributed by atoms with E-state index in [1.807, 2.05) is 79.7 Å². The number of aryl methyl sites for hydroxylation is 1. The zero-order valence-electron chi connectivity index (χ0n) is 16.9. The van der Waals surface area contributed by atoms with Crippen LogP contribution in [-0.4, -0.2) is 17.1 Å². The molecule has 0 aliphatic heterocycles. The van der Waals surface area contributed by atoms with Crippen LogP contribution in [0.2, 0.25) is 5.02 Å². The quantitative estimate of drug-likeness (QED) is 0.323. The van der Waals surface area contributed by atoms with E-state index < -0.39 is 0 Å². The second-order valence-electron chi connectivity index (χ2n) is 6.98. The van der Waals surface area contributed by atoms with Crippen molar-refractivity contribution in [1.82, 2.24) is 10.4 Å². The van der Waals surface area contributed by atoms with Crippen molar-refractivity contribution >= 4 is 34.6 Å².